The quantitative estimate of drug-likeness (QED) is 0.924. The van der Waals surface area contributed by atoms with Gasteiger partial charge in [0.05, 0.1) is 11.2 Å². The molecule has 0 unspecified atom stereocenters. The Morgan fingerprint density at radius 2 is 2.05 bits per heavy atom. The highest BCUT2D eigenvalue weighted by atomic mass is 35.5. The number of nitrogens with zero attached hydrogens (tertiary/aromatic N) is 2. The fourth-order valence-electron chi connectivity index (χ4n) is 2.74. The van der Waals surface area contributed by atoms with Crippen LogP contribution in [-0.2, 0) is 6.54 Å². The van der Waals surface area contributed by atoms with Gasteiger partial charge in [0.15, 0.2) is 0 Å². The summed E-state index contributed by atoms with van der Waals surface area (Å²) in [5.74, 6) is -0.821. The van der Waals surface area contributed by atoms with Crippen molar-refractivity contribution in [3.8, 4) is 0 Å². The summed E-state index contributed by atoms with van der Waals surface area (Å²) in [5, 5.41) is 6.11. The first-order valence-corrected chi connectivity index (χ1v) is 7.29. The van der Waals surface area contributed by atoms with E-state index in [1.165, 1.54) is 10.9 Å². The maximum Gasteiger partial charge on any atom is 0.411 e. The highest BCUT2D eigenvalue weighted by molar-refractivity contribution is 6.33. The molecule has 1 aliphatic rings. The molecule has 118 valence electrons. The van der Waals surface area contributed by atoms with Crippen molar-refractivity contribution in [3.05, 3.63) is 16.9 Å². The minimum atomic E-state index is -4.48. The SMILES string of the molecule is CCn1ncc(Cl)c1C(=O)NC1(C(F)(F)F)CCCCC1. The van der Waals surface area contributed by atoms with E-state index in [-0.39, 0.29) is 23.6 Å². The molecule has 8 heteroatoms. The summed E-state index contributed by atoms with van der Waals surface area (Å²) in [5.41, 5.74) is -2.18. The van der Waals surface area contributed by atoms with Crippen molar-refractivity contribution in [1.29, 1.82) is 0 Å². The van der Waals surface area contributed by atoms with Gasteiger partial charge in [-0.1, -0.05) is 30.9 Å². The fraction of sp³-hybridized carbons (Fsp3) is 0.692. The molecule has 1 amide bonds. The normalized spacial score (nSPS) is 18.5. The summed E-state index contributed by atoms with van der Waals surface area (Å²) in [6, 6.07) is 0. The molecule has 1 heterocycles. The van der Waals surface area contributed by atoms with Crippen molar-refractivity contribution >= 4 is 17.5 Å². The second-order valence-corrected chi connectivity index (χ2v) is 5.66. The number of halogens is 4. The van der Waals surface area contributed by atoms with Gasteiger partial charge in [-0.15, -0.1) is 0 Å². The average molecular weight is 324 g/mol. The van der Waals surface area contributed by atoms with Crippen molar-refractivity contribution in [1.82, 2.24) is 15.1 Å². The number of alkyl halides is 3. The van der Waals surface area contributed by atoms with Crippen LogP contribution in [-0.4, -0.2) is 27.4 Å². The van der Waals surface area contributed by atoms with Gasteiger partial charge in [0, 0.05) is 6.54 Å². The largest absolute Gasteiger partial charge is 0.411 e. The van der Waals surface area contributed by atoms with Gasteiger partial charge >= 0.3 is 6.18 Å². The van der Waals surface area contributed by atoms with Gasteiger partial charge in [-0.05, 0) is 19.8 Å². The van der Waals surface area contributed by atoms with Gasteiger partial charge in [0.25, 0.3) is 5.91 Å². The summed E-state index contributed by atoms with van der Waals surface area (Å²) in [6.07, 6.45) is -1.77. The standard InChI is InChI=1S/C13H17ClF3N3O/c1-2-20-10(9(14)8-18-20)11(21)19-12(13(15,16)17)6-4-3-5-7-12/h8H,2-7H2,1H3,(H,19,21). The summed E-state index contributed by atoms with van der Waals surface area (Å²) in [7, 11) is 0. The summed E-state index contributed by atoms with van der Waals surface area (Å²) in [6.45, 7) is 2.09. The first-order valence-electron chi connectivity index (χ1n) is 6.91. The van der Waals surface area contributed by atoms with Crippen LogP contribution in [0, 0.1) is 0 Å². The zero-order chi connectivity index (χ0) is 15.7. The number of nitrogens with one attached hydrogen (secondary N) is 1. The molecule has 0 saturated heterocycles. The third-order valence-corrected chi connectivity index (χ3v) is 4.19. The van der Waals surface area contributed by atoms with E-state index in [1.807, 2.05) is 0 Å². The van der Waals surface area contributed by atoms with Gasteiger partial charge in [-0.3, -0.25) is 9.48 Å². The molecule has 2 rings (SSSR count). The molecule has 1 aromatic heterocycles. The molecule has 0 spiro atoms. The van der Waals surface area contributed by atoms with Crippen molar-refractivity contribution in [2.24, 2.45) is 0 Å². The third-order valence-electron chi connectivity index (χ3n) is 3.91. The number of rotatable bonds is 3. The Morgan fingerprint density at radius 1 is 1.43 bits per heavy atom. The molecule has 4 nitrogen and oxygen atoms in total. The monoisotopic (exact) mass is 323 g/mol. The Labute approximate surface area is 125 Å². The number of aromatic nitrogens is 2. The van der Waals surface area contributed by atoms with E-state index in [4.69, 9.17) is 11.6 Å². The van der Waals surface area contributed by atoms with E-state index < -0.39 is 17.6 Å². The summed E-state index contributed by atoms with van der Waals surface area (Å²) < 4.78 is 41.5. The lowest BCUT2D eigenvalue weighted by molar-refractivity contribution is -0.201. The molecule has 1 fully saturated rings. The van der Waals surface area contributed by atoms with Crippen LogP contribution in [0.3, 0.4) is 0 Å². The van der Waals surface area contributed by atoms with E-state index in [9.17, 15) is 18.0 Å². The van der Waals surface area contributed by atoms with Crippen LogP contribution in [0.25, 0.3) is 0 Å². The van der Waals surface area contributed by atoms with Crippen LogP contribution in [0.4, 0.5) is 13.2 Å². The zero-order valence-corrected chi connectivity index (χ0v) is 12.4. The minimum Gasteiger partial charge on any atom is -0.336 e. The predicted molar refractivity (Wildman–Crippen MR) is 72.2 cm³/mol. The smallest absolute Gasteiger partial charge is 0.336 e. The summed E-state index contributed by atoms with van der Waals surface area (Å²) in [4.78, 5) is 12.3. The van der Waals surface area contributed by atoms with Crippen LogP contribution in [0.1, 0.15) is 49.5 Å². The third kappa shape index (κ3) is 3.02. The number of hydrogen-bond acceptors (Lipinski definition) is 2. The molecule has 21 heavy (non-hydrogen) atoms. The second-order valence-electron chi connectivity index (χ2n) is 5.25. The van der Waals surface area contributed by atoms with Crippen molar-refractivity contribution in [2.45, 2.75) is 57.3 Å². The Hall–Kier alpha value is -1.24. The van der Waals surface area contributed by atoms with Gasteiger partial charge in [-0.25, -0.2) is 0 Å². The molecular formula is C13H17ClF3N3O. The van der Waals surface area contributed by atoms with E-state index in [0.717, 1.165) is 6.42 Å². The second kappa shape index (κ2) is 5.87. The number of amides is 1. The zero-order valence-electron chi connectivity index (χ0n) is 11.6. The van der Waals surface area contributed by atoms with Crippen LogP contribution >= 0.6 is 11.6 Å². The van der Waals surface area contributed by atoms with Gasteiger partial charge < -0.3 is 5.32 Å². The molecule has 0 atom stereocenters. The number of carbonyl (C=O) groups excluding carboxylic acids is 1. The van der Waals surface area contributed by atoms with Gasteiger partial charge in [0.2, 0.25) is 0 Å². The van der Waals surface area contributed by atoms with Crippen molar-refractivity contribution in [2.75, 3.05) is 0 Å². The van der Waals surface area contributed by atoms with Crippen LogP contribution in [0.15, 0.2) is 6.20 Å². The van der Waals surface area contributed by atoms with Crippen LogP contribution < -0.4 is 5.32 Å². The first kappa shape index (κ1) is 16.1. The minimum absolute atomic E-state index is 0.0200. The molecule has 1 saturated carbocycles. The molecule has 1 N–H and O–H groups in total. The maximum absolute atomic E-state index is 13.4. The molecule has 0 radical (unpaired) electrons. The molecular weight excluding hydrogens is 307 g/mol. The molecule has 1 aromatic rings. The van der Waals surface area contributed by atoms with Crippen molar-refractivity contribution < 1.29 is 18.0 Å². The molecule has 0 bridgehead atoms. The molecule has 1 aliphatic carbocycles. The molecule has 0 aromatic carbocycles. The number of hydrogen-bond donors (Lipinski definition) is 1. The van der Waals surface area contributed by atoms with E-state index in [2.05, 4.69) is 10.4 Å². The van der Waals surface area contributed by atoms with Crippen LogP contribution in [0.5, 0.6) is 0 Å². The Morgan fingerprint density at radius 3 is 2.57 bits per heavy atom. The highest BCUT2D eigenvalue weighted by Gasteiger charge is 2.55. The lowest BCUT2D eigenvalue weighted by atomic mass is 9.81. The average Bonchev–Trinajstić information content (AvgIpc) is 2.79. The number of carbonyl (C=O) groups is 1. The van der Waals surface area contributed by atoms with Gasteiger partial charge in [-0.2, -0.15) is 18.3 Å². The lowest BCUT2D eigenvalue weighted by Crippen LogP contribution is -2.59. The topological polar surface area (TPSA) is 46.9 Å². The Balaban J connectivity index is 2.28. The maximum atomic E-state index is 13.4. The molecule has 0 aliphatic heterocycles. The van der Waals surface area contributed by atoms with E-state index in [1.54, 1.807) is 6.92 Å². The van der Waals surface area contributed by atoms with E-state index in [0.29, 0.717) is 19.4 Å². The Bertz CT molecular complexity index is 521. The van der Waals surface area contributed by atoms with E-state index >= 15 is 0 Å². The summed E-state index contributed by atoms with van der Waals surface area (Å²) >= 11 is 5.87. The highest BCUT2D eigenvalue weighted by Crippen LogP contribution is 2.41. The number of aryl methyl sites for hydroxylation is 1. The lowest BCUT2D eigenvalue weighted by Gasteiger charge is -2.39. The predicted octanol–water partition coefficient (Wildman–Crippen LogP) is 3.55. The van der Waals surface area contributed by atoms with Gasteiger partial charge in [0.1, 0.15) is 11.2 Å². The first-order chi connectivity index (χ1) is 9.81. The Kier molecular flexibility index (Phi) is 4.51. The van der Waals surface area contributed by atoms with Crippen molar-refractivity contribution in [3.63, 3.8) is 0 Å². The van der Waals surface area contributed by atoms with Crippen LogP contribution in [0.2, 0.25) is 5.02 Å². The fourth-order valence-corrected chi connectivity index (χ4v) is 2.97.